The number of H-pyrrole nitrogens is 1. The fraction of sp³-hybridized carbons (Fsp3) is 0.310. The minimum atomic E-state index is -4.44. The zero-order valence-corrected chi connectivity index (χ0v) is 23.5. The highest BCUT2D eigenvalue weighted by atomic mass is 32.2. The summed E-state index contributed by atoms with van der Waals surface area (Å²) in [5.41, 5.74) is 0.499. The number of nitrogens with zero attached hydrogens (tertiary/aromatic N) is 3. The number of fused-ring (bicyclic) bond motifs is 1. The number of para-hydroxylation sites is 1. The third kappa shape index (κ3) is 6.06. The predicted molar refractivity (Wildman–Crippen MR) is 156 cm³/mol. The number of benzene rings is 2. The first-order valence-electron chi connectivity index (χ1n) is 13.8. The number of nitro groups is 1. The molecule has 1 amide bonds. The summed E-state index contributed by atoms with van der Waals surface area (Å²) < 4.78 is 34.2. The Morgan fingerprint density at radius 2 is 1.88 bits per heavy atom. The molecule has 42 heavy (non-hydrogen) atoms. The standard InChI is InChI=1S/C29H30N6O6S/c36-29(24-3-1-2-4-27(24)41-22-15-20-9-12-30-28(20)32-18-22)33-42(39,40)23-7-8-25(26(16-23)35(37)38)31-17-19-10-13-34(14-11-19)21-5-6-21/h1-4,7-9,12,15-16,18-19,21,31H,5-6,10-11,13-14,17H2,(H,30,32)(H,33,36). The lowest BCUT2D eigenvalue weighted by atomic mass is 9.96. The number of aromatic nitrogens is 2. The molecule has 3 N–H and O–H groups in total. The molecule has 6 rings (SSSR count). The topological polar surface area (TPSA) is 160 Å². The van der Waals surface area contributed by atoms with Gasteiger partial charge in [0.05, 0.1) is 21.6 Å². The number of amides is 1. The smallest absolute Gasteiger partial charge is 0.293 e. The third-order valence-corrected chi connectivity index (χ3v) is 9.06. The van der Waals surface area contributed by atoms with E-state index in [2.05, 4.69) is 20.2 Å². The van der Waals surface area contributed by atoms with Gasteiger partial charge < -0.3 is 19.9 Å². The zero-order valence-electron chi connectivity index (χ0n) is 22.7. The van der Waals surface area contributed by atoms with E-state index in [-0.39, 0.29) is 22.7 Å². The minimum Gasteiger partial charge on any atom is -0.455 e. The minimum absolute atomic E-state index is 0.0317. The first kappa shape index (κ1) is 27.7. The summed E-state index contributed by atoms with van der Waals surface area (Å²) in [7, 11) is -4.44. The monoisotopic (exact) mass is 590 g/mol. The fourth-order valence-corrected chi connectivity index (χ4v) is 6.26. The lowest BCUT2D eigenvalue weighted by molar-refractivity contribution is -0.384. The number of pyridine rings is 1. The van der Waals surface area contributed by atoms with Gasteiger partial charge in [-0.1, -0.05) is 12.1 Å². The van der Waals surface area contributed by atoms with Crippen LogP contribution < -0.4 is 14.8 Å². The van der Waals surface area contributed by atoms with Crippen LogP contribution in [0.5, 0.6) is 11.5 Å². The molecule has 3 heterocycles. The Labute approximate surface area is 242 Å². The van der Waals surface area contributed by atoms with E-state index < -0.39 is 25.7 Å². The molecule has 2 aliphatic rings. The van der Waals surface area contributed by atoms with Gasteiger partial charge in [0, 0.05) is 30.2 Å². The van der Waals surface area contributed by atoms with Crippen LogP contribution in [0.2, 0.25) is 0 Å². The second-order valence-corrected chi connectivity index (χ2v) is 12.3. The maximum atomic E-state index is 13.2. The normalized spacial score (nSPS) is 16.3. The molecule has 0 spiro atoms. The van der Waals surface area contributed by atoms with Crippen molar-refractivity contribution in [1.82, 2.24) is 19.6 Å². The average Bonchev–Trinajstić information content (AvgIpc) is 3.73. The maximum Gasteiger partial charge on any atom is 0.293 e. The second-order valence-electron chi connectivity index (χ2n) is 10.6. The highest BCUT2D eigenvalue weighted by molar-refractivity contribution is 7.90. The molecule has 13 heteroatoms. The van der Waals surface area contributed by atoms with Gasteiger partial charge in [-0.3, -0.25) is 14.9 Å². The maximum absolute atomic E-state index is 13.2. The van der Waals surface area contributed by atoms with Crippen LogP contribution in [-0.4, -0.2) is 59.8 Å². The van der Waals surface area contributed by atoms with E-state index in [0.717, 1.165) is 43.4 Å². The molecule has 1 aliphatic carbocycles. The Kier molecular flexibility index (Phi) is 7.52. The van der Waals surface area contributed by atoms with Crippen molar-refractivity contribution >= 4 is 38.3 Å². The van der Waals surface area contributed by atoms with Gasteiger partial charge in [0.25, 0.3) is 21.6 Å². The quantitative estimate of drug-likeness (QED) is 0.176. The molecular weight excluding hydrogens is 560 g/mol. The lowest BCUT2D eigenvalue weighted by Crippen LogP contribution is -2.37. The van der Waals surface area contributed by atoms with E-state index in [0.29, 0.717) is 23.9 Å². The van der Waals surface area contributed by atoms with Gasteiger partial charge in [0.1, 0.15) is 22.8 Å². The SMILES string of the molecule is O=C(NS(=O)(=O)c1ccc(NCC2CCN(C3CC3)CC2)c([N+](=O)[O-])c1)c1ccccc1Oc1cnc2[nH]ccc2c1. The van der Waals surface area contributed by atoms with E-state index in [9.17, 15) is 23.3 Å². The van der Waals surface area contributed by atoms with Crippen molar-refractivity contribution in [3.8, 4) is 11.5 Å². The molecule has 218 valence electrons. The van der Waals surface area contributed by atoms with Gasteiger partial charge in [0.15, 0.2) is 0 Å². The van der Waals surface area contributed by atoms with Crippen LogP contribution in [0, 0.1) is 16.0 Å². The molecule has 0 atom stereocenters. The van der Waals surface area contributed by atoms with Gasteiger partial charge in [0.2, 0.25) is 0 Å². The Morgan fingerprint density at radius 3 is 2.64 bits per heavy atom. The molecule has 4 aromatic rings. The summed E-state index contributed by atoms with van der Waals surface area (Å²) in [6.45, 7) is 2.62. The Bertz CT molecular complexity index is 1740. The summed E-state index contributed by atoms with van der Waals surface area (Å²) in [6.07, 6.45) is 7.79. The molecule has 0 unspecified atom stereocenters. The van der Waals surface area contributed by atoms with Crippen LogP contribution in [0.4, 0.5) is 11.4 Å². The summed E-state index contributed by atoms with van der Waals surface area (Å²) >= 11 is 0. The van der Waals surface area contributed by atoms with Gasteiger partial charge in [-0.25, -0.2) is 18.1 Å². The number of nitro benzene ring substituents is 1. The van der Waals surface area contributed by atoms with Crippen molar-refractivity contribution in [2.75, 3.05) is 25.0 Å². The number of anilines is 1. The van der Waals surface area contributed by atoms with E-state index in [4.69, 9.17) is 4.74 Å². The van der Waals surface area contributed by atoms with Gasteiger partial charge in [-0.2, -0.15) is 0 Å². The molecule has 2 aromatic heterocycles. The van der Waals surface area contributed by atoms with Gasteiger partial charge in [-0.15, -0.1) is 0 Å². The summed E-state index contributed by atoms with van der Waals surface area (Å²) in [5.74, 6) is -0.0817. The fourth-order valence-electron chi connectivity index (χ4n) is 5.28. The highest BCUT2D eigenvalue weighted by Gasteiger charge is 2.32. The number of carbonyl (C=O) groups is 1. The molecule has 2 fully saturated rings. The van der Waals surface area contributed by atoms with E-state index in [1.165, 1.54) is 43.3 Å². The van der Waals surface area contributed by atoms with Gasteiger partial charge in [-0.05, 0) is 81.1 Å². The highest BCUT2D eigenvalue weighted by Crippen LogP contribution is 2.33. The Morgan fingerprint density at radius 1 is 1.10 bits per heavy atom. The summed E-state index contributed by atoms with van der Waals surface area (Å²) in [4.78, 5) is 33.7. The summed E-state index contributed by atoms with van der Waals surface area (Å²) in [5, 5.41) is 15.8. The number of piperidine rings is 1. The number of carbonyl (C=O) groups excluding carboxylic acids is 1. The molecular formula is C29H30N6O6S. The van der Waals surface area contributed by atoms with Crippen LogP contribution in [0.1, 0.15) is 36.0 Å². The van der Waals surface area contributed by atoms with Crippen LogP contribution in [0.25, 0.3) is 11.0 Å². The average molecular weight is 591 g/mol. The Hall–Kier alpha value is -4.49. The predicted octanol–water partition coefficient (Wildman–Crippen LogP) is 4.67. The van der Waals surface area contributed by atoms with Gasteiger partial charge >= 0.3 is 0 Å². The molecule has 1 aliphatic heterocycles. The van der Waals surface area contributed by atoms with Crippen molar-refractivity contribution in [2.24, 2.45) is 5.92 Å². The van der Waals surface area contributed by atoms with Crippen molar-refractivity contribution in [3.63, 3.8) is 0 Å². The van der Waals surface area contributed by atoms with Crippen LogP contribution in [-0.2, 0) is 10.0 Å². The zero-order chi connectivity index (χ0) is 29.3. The number of hydrogen-bond acceptors (Lipinski definition) is 9. The van der Waals surface area contributed by atoms with Crippen molar-refractivity contribution in [1.29, 1.82) is 0 Å². The second kappa shape index (κ2) is 11.4. The van der Waals surface area contributed by atoms with Crippen LogP contribution >= 0.6 is 0 Å². The molecule has 1 saturated carbocycles. The van der Waals surface area contributed by atoms with E-state index >= 15 is 0 Å². The molecule has 0 bridgehead atoms. The van der Waals surface area contributed by atoms with Crippen LogP contribution in [0.15, 0.2) is 71.9 Å². The largest absolute Gasteiger partial charge is 0.455 e. The van der Waals surface area contributed by atoms with E-state index in [1.54, 1.807) is 24.4 Å². The van der Waals surface area contributed by atoms with Crippen molar-refractivity contribution in [2.45, 2.75) is 36.6 Å². The number of ether oxygens (including phenoxy) is 1. The molecule has 12 nitrogen and oxygen atoms in total. The number of likely N-dealkylation sites (tertiary alicyclic amines) is 1. The van der Waals surface area contributed by atoms with Crippen molar-refractivity contribution < 1.29 is 22.9 Å². The number of aromatic amines is 1. The number of rotatable bonds is 10. The van der Waals surface area contributed by atoms with Crippen LogP contribution in [0.3, 0.4) is 0 Å². The first-order chi connectivity index (χ1) is 20.3. The number of sulfonamides is 1. The Balaban J connectivity index is 1.14. The van der Waals surface area contributed by atoms with E-state index in [1.807, 2.05) is 10.8 Å². The number of nitrogens with one attached hydrogen (secondary N) is 3. The molecule has 2 aromatic carbocycles. The molecule has 0 radical (unpaired) electrons. The third-order valence-electron chi connectivity index (χ3n) is 7.73. The lowest BCUT2D eigenvalue weighted by Gasteiger charge is -2.32. The molecule has 1 saturated heterocycles. The number of hydrogen-bond donors (Lipinski definition) is 3. The first-order valence-corrected chi connectivity index (χ1v) is 15.3. The van der Waals surface area contributed by atoms with Crippen molar-refractivity contribution in [3.05, 3.63) is 82.7 Å². The summed E-state index contributed by atoms with van der Waals surface area (Å²) in [6, 6.07) is 14.0.